The first-order chi connectivity index (χ1) is 13.5. The minimum absolute atomic E-state index is 0.191. The fourth-order valence-electron chi connectivity index (χ4n) is 3.26. The van der Waals surface area contributed by atoms with Gasteiger partial charge in [-0.25, -0.2) is 0 Å². The van der Waals surface area contributed by atoms with Crippen molar-refractivity contribution in [3.8, 4) is 5.75 Å². The number of hydrogen-bond donors (Lipinski definition) is 0. The van der Waals surface area contributed by atoms with Crippen molar-refractivity contribution in [2.45, 2.75) is 18.2 Å². The van der Waals surface area contributed by atoms with Gasteiger partial charge in [0.05, 0.1) is 17.7 Å². The highest BCUT2D eigenvalue weighted by atomic mass is 32.2. The molecule has 0 amide bonds. The highest BCUT2D eigenvalue weighted by Gasteiger charge is 2.29. The van der Waals surface area contributed by atoms with E-state index in [1.165, 1.54) is 0 Å². The van der Waals surface area contributed by atoms with Crippen molar-refractivity contribution >= 4 is 27.2 Å². The van der Waals surface area contributed by atoms with E-state index in [9.17, 15) is 8.42 Å². The minimum Gasteiger partial charge on any atom is -0.497 e. The zero-order valence-electron chi connectivity index (χ0n) is 15.7. The molecule has 0 bridgehead atoms. The van der Waals surface area contributed by atoms with Crippen LogP contribution in [0.1, 0.15) is 11.1 Å². The maximum Gasteiger partial charge on any atom is 0.283 e. The molecule has 1 aliphatic heterocycles. The Bertz CT molecular complexity index is 1140. The third-order valence-electron chi connectivity index (χ3n) is 4.71. The summed E-state index contributed by atoms with van der Waals surface area (Å²) in [5.41, 5.74) is 3.81. The molecule has 0 aliphatic carbocycles. The topological polar surface area (TPSA) is 59.0 Å². The molecule has 1 heterocycles. The first kappa shape index (κ1) is 18.3. The maximum atomic E-state index is 12.9. The molecule has 0 atom stereocenters. The van der Waals surface area contributed by atoms with Crippen LogP contribution in [-0.2, 0) is 16.4 Å². The molecule has 0 saturated carbocycles. The molecule has 3 aromatic carbocycles. The average molecular weight is 392 g/mol. The zero-order valence-corrected chi connectivity index (χ0v) is 16.5. The SMILES string of the molecule is COc1ccc(N2/C(=N/S(=O)(=O)c3ccc(C)cc3)Cc3ccccc32)cc1. The van der Waals surface area contributed by atoms with E-state index in [0.717, 1.165) is 28.3 Å². The van der Waals surface area contributed by atoms with Gasteiger partial charge in [-0.1, -0.05) is 35.9 Å². The van der Waals surface area contributed by atoms with E-state index < -0.39 is 10.0 Å². The number of aryl methyl sites for hydroxylation is 1. The lowest BCUT2D eigenvalue weighted by Gasteiger charge is -2.20. The lowest BCUT2D eigenvalue weighted by atomic mass is 10.2. The molecule has 5 nitrogen and oxygen atoms in total. The van der Waals surface area contributed by atoms with Gasteiger partial charge in [0.15, 0.2) is 0 Å². The molecule has 142 valence electrons. The van der Waals surface area contributed by atoms with Gasteiger partial charge in [0.2, 0.25) is 0 Å². The van der Waals surface area contributed by atoms with Crippen molar-refractivity contribution in [1.29, 1.82) is 0 Å². The molecule has 4 rings (SSSR count). The van der Waals surface area contributed by atoms with E-state index in [-0.39, 0.29) is 4.90 Å². The normalized spacial score (nSPS) is 14.9. The van der Waals surface area contributed by atoms with Crippen LogP contribution in [0.5, 0.6) is 5.75 Å². The fraction of sp³-hybridized carbons (Fsp3) is 0.136. The number of nitrogens with zero attached hydrogens (tertiary/aromatic N) is 2. The van der Waals surface area contributed by atoms with E-state index in [2.05, 4.69) is 4.40 Å². The van der Waals surface area contributed by atoms with Gasteiger partial charge in [-0.05, 0) is 55.0 Å². The van der Waals surface area contributed by atoms with Crippen LogP contribution in [0, 0.1) is 6.92 Å². The number of ether oxygens (including phenoxy) is 1. The Morgan fingerprint density at radius 2 is 1.61 bits per heavy atom. The van der Waals surface area contributed by atoms with Crippen LogP contribution in [0.3, 0.4) is 0 Å². The first-order valence-electron chi connectivity index (χ1n) is 8.90. The molecule has 0 aromatic heterocycles. The molecule has 0 spiro atoms. The number of benzene rings is 3. The van der Waals surface area contributed by atoms with Crippen LogP contribution in [0.25, 0.3) is 0 Å². The second-order valence-electron chi connectivity index (χ2n) is 6.63. The van der Waals surface area contributed by atoms with Crippen LogP contribution in [0.15, 0.2) is 82.1 Å². The first-order valence-corrected chi connectivity index (χ1v) is 10.3. The molecule has 0 N–H and O–H groups in total. The van der Waals surface area contributed by atoms with Gasteiger partial charge in [0, 0.05) is 12.1 Å². The predicted molar refractivity (Wildman–Crippen MR) is 111 cm³/mol. The Morgan fingerprint density at radius 3 is 2.29 bits per heavy atom. The number of sulfonamides is 1. The summed E-state index contributed by atoms with van der Waals surface area (Å²) in [7, 11) is -2.20. The van der Waals surface area contributed by atoms with Gasteiger partial charge in [0.1, 0.15) is 11.6 Å². The highest BCUT2D eigenvalue weighted by molar-refractivity contribution is 7.90. The largest absolute Gasteiger partial charge is 0.497 e. The number of para-hydroxylation sites is 1. The van der Waals surface area contributed by atoms with Gasteiger partial charge in [-0.2, -0.15) is 8.42 Å². The summed E-state index contributed by atoms with van der Waals surface area (Å²) >= 11 is 0. The highest BCUT2D eigenvalue weighted by Crippen LogP contribution is 2.37. The van der Waals surface area contributed by atoms with Crippen molar-refractivity contribution in [1.82, 2.24) is 0 Å². The molecule has 0 radical (unpaired) electrons. The molecule has 6 heteroatoms. The molecule has 28 heavy (non-hydrogen) atoms. The summed E-state index contributed by atoms with van der Waals surface area (Å²) in [5, 5.41) is 0. The summed E-state index contributed by atoms with van der Waals surface area (Å²) in [6.45, 7) is 1.92. The second kappa shape index (κ2) is 7.13. The number of anilines is 2. The van der Waals surface area contributed by atoms with Gasteiger partial charge >= 0.3 is 0 Å². The smallest absolute Gasteiger partial charge is 0.283 e. The Kier molecular flexibility index (Phi) is 4.65. The van der Waals surface area contributed by atoms with Crippen LogP contribution in [0.2, 0.25) is 0 Å². The van der Waals surface area contributed by atoms with Crippen molar-refractivity contribution in [3.05, 3.63) is 83.9 Å². The van der Waals surface area contributed by atoms with Gasteiger partial charge < -0.3 is 4.74 Å². The van der Waals surface area contributed by atoms with E-state index in [0.29, 0.717) is 12.3 Å². The van der Waals surface area contributed by atoms with Crippen molar-refractivity contribution < 1.29 is 13.2 Å². The Balaban J connectivity index is 1.80. The summed E-state index contributed by atoms with van der Waals surface area (Å²) in [6, 6.07) is 22.1. The summed E-state index contributed by atoms with van der Waals surface area (Å²) < 4.78 is 35.2. The lowest BCUT2D eigenvalue weighted by molar-refractivity contribution is 0.415. The van der Waals surface area contributed by atoms with E-state index in [4.69, 9.17) is 4.74 Å². The van der Waals surface area contributed by atoms with Gasteiger partial charge in [0.25, 0.3) is 10.0 Å². The fourth-order valence-corrected chi connectivity index (χ4v) is 4.27. The minimum atomic E-state index is -3.81. The molecular formula is C22H20N2O3S. The van der Waals surface area contributed by atoms with Crippen LogP contribution in [-0.4, -0.2) is 21.4 Å². The van der Waals surface area contributed by atoms with Crippen LogP contribution >= 0.6 is 0 Å². The standard InChI is InChI=1S/C22H20N2O3S/c1-16-7-13-20(14-8-16)28(25,26)23-22-15-17-5-3-4-6-21(17)24(22)18-9-11-19(27-2)12-10-18/h3-14H,15H2,1-2H3/b23-22+. The Labute approximate surface area is 165 Å². The van der Waals surface area contributed by atoms with Crippen molar-refractivity contribution in [2.24, 2.45) is 4.40 Å². The second-order valence-corrected chi connectivity index (χ2v) is 8.24. The summed E-state index contributed by atoms with van der Waals surface area (Å²) in [6.07, 6.45) is 0.452. The maximum absolute atomic E-state index is 12.9. The number of hydrogen-bond acceptors (Lipinski definition) is 3. The van der Waals surface area contributed by atoms with E-state index in [1.54, 1.807) is 31.4 Å². The zero-order chi connectivity index (χ0) is 19.7. The van der Waals surface area contributed by atoms with E-state index >= 15 is 0 Å². The Hall–Kier alpha value is -3.12. The molecule has 0 fully saturated rings. The van der Waals surface area contributed by atoms with Crippen LogP contribution in [0.4, 0.5) is 11.4 Å². The van der Waals surface area contributed by atoms with Crippen LogP contribution < -0.4 is 9.64 Å². The summed E-state index contributed by atoms with van der Waals surface area (Å²) in [5.74, 6) is 1.22. The van der Waals surface area contributed by atoms with Crippen molar-refractivity contribution in [2.75, 3.05) is 12.0 Å². The molecule has 3 aromatic rings. The van der Waals surface area contributed by atoms with Gasteiger partial charge in [-0.15, -0.1) is 4.40 Å². The monoisotopic (exact) mass is 392 g/mol. The Morgan fingerprint density at radius 1 is 0.929 bits per heavy atom. The predicted octanol–water partition coefficient (Wildman–Crippen LogP) is 4.49. The third-order valence-corrected chi connectivity index (χ3v) is 6.03. The molecule has 0 unspecified atom stereocenters. The van der Waals surface area contributed by atoms with Gasteiger partial charge in [-0.3, -0.25) is 4.90 Å². The number of fused-ring (bicyclic) bond motifs is 1. The van der Waals surface area contributed by atoms with Crippen molar-refractivity contribution in [3.63, 3.8) is 0 Å². The average Bonchev–Trinajstić information content (AvgIpc) is 3.05. The number of amidine groups is 1. The lowest BCUT2D eigenvalue weighted by Crippen LogP contribution is -2.23. The quantitative estimate of drug-likeness (QED) is 0.657. The number of methoxy groups -OCH3 is 1. The molecular weight excluding hydrogens is 372 g/mol. The summed E-state index contributed by atoms with van der Waals surface area (Å²) in [4.78, 5) is 2.08. The molecule has 1 aliphatic rings. The van der Waals surface area contributed by atoms with E-state index in [1.807, 2.05) is 60.4 Å². The molecule has 0 saturated heterocycles. The third kappa shape index (κ3) is 3.39. The number of rotatable bonds is 4.